The average molecular weight is 284 g/mol. The number of hydrogen-bond donors (Lipinski definition) is 0. The van der Waals surface area contributed by atoms with Crippen molar-refractivity contribution in [3.8, 4) is 0 Å². The van der Waals surface area contributed by atoms with Crippen molar-refractivity contribution in [2.75, 3.05) is 4.43 Å². The highest BCUT2D eigenvalue weighted by molar-refractivity contribution is 14.1. The van der Waals surface area contributed by atoms with E-state index in [1.54, 1.807) is 0 Å². The van der Waals surface area contributed by atoms with Crippen molar-refractivity contribution in [2.24, 2.45) is 0 Å². The van der Waals surface area contributed by atoms with Crippen LogP contribution in [0.4, 0.5) is 0 Å². The molecule has 0 amide bonds. The van der Waals surface area contributed by atoms with E-state index in [0.717, 1.165) is 4.43 Å². The van der Waals surface area contributed by atoms with Crippen molar-refractivity contribution in [2.45, 2.75) is 6.92 Å². The lowest BCUT2D eigenvalue weighted by Gasteiger charge is -2.01. The fourth-order valence-corrected chi connectivity index (χ4v) is 1.78. The summed E-state index contributed by atoms with van der Waals surface area (Å²) in [4.78, 5) is 0. The van der Waals surface area contributed by atoms with Crippen LogP contribution in [0.1, 0.15) is 12.5 Å². The molecule has 0 spiro atoms. The van der Waals surface area contributed by atoms with Gasteiger partial charge in [-0.05, 0) is 18.1 Å². The van der Waals surface area contributed by atoms with Crippen molar-refractivity contribution >= 4 is 28.2 Å². The summed E-state index contributed by atoms with van der Waals surface area (Å²) in [6, 6.07) is 10.5. The van der Waals surface area contributed by atoms with E-state index in [9.17, 15) is 0 Å². The van der Waals surface area contributed by atoms with Crippen LogP contribution in [0.15, 0.2) is 48.6 Å². The fraction of sp³-hybridized carbons (Fsp3) is 0.167. The first-order valence-corrected chi connectivity index (χ1v) is 5.84. The summed E-state index contributed by atoms with van der Waals surface area (Å²) in [6.07, 6.45) is 6.30. The molecule has 1 aromatic rings. The third-order valence-corrected chi connectivity index (χ3v) is 2.60. The quantitative estimate of drug-likeness (QED) is 0.445. The van der Waals surface area contributed by atoms with Crippen LogP contribution in [0.5, 0.6) is 0 Å². The van der Waals surface area contributed by atoms with E-state index in [0.29, 0.717) is 0 Å². The van der Waals surface area contributed by atoms with Crippen LogP contribution in [0.25, 0.3) is 5.57 Å². The summed E-state index contributed by atoms with van der Waals surface area (Å²) >= 11 is 2.39. The maximum atomic E-state index is 2.39. The summed E-state index contributed by atoms with van der Waals surface area (Å²) in [7, 11) is 0. The van der Waals surface area contributed by atoms with E-state index in [4.69, 9.17) is 0 Å². The number of hydrogen-bond acceptors (Lipinski definition) is 0. The molecule has 0 bridgehead atoms. The molecular formula is C12H13I. The van der Waals surface area contributed by atoms with Crippen LogP contribution < -0.4 is 0 Å². The summed E-state index contributed by atoms with van der Waals surface area (Å²) in [6.45, 7) is 2.03. The maximum absolute atomic E-state index is 2.39. The second-order valence-corrected chi connectivity index (χ2v) is 3.48. The molecule has 0 N–H and O–H groups in total. The first-order valence-electron chi connectivity index (χ1n) is 4.31. The van der Waals surface area contributed by atoms with Gasteiger partial charge >= 0.3 is 0 Å². The Morgan fingerprint density at radius 1 is 1.31 bits per heavy atom. The van der Waals surface area contributed by atoms with Crippen LogP contribution in [0, 0.1) is 0 Å². The Hall–Kier alpha value is -0.570. The number of benzene rings is 1. The van der Waals surface area contributed by atoms with E-state index in [-0.39, 0.29) is 0 Å². The Morgan fingerprint density at radius 3 is 2.54 bits per heavy atom. The number of rotatable bonds is 3. The topological polar surface area (TPSA) is 0 Å². The van der Waals surface area contributed by atoms with Crippen molar-refractivity contribution in [3.63, 3.8) is 0 Å². The van der Waals surface area contributed by atoms with E-state index in [2.05, 4.69) is 65.1 Å². The van der Waals surface area contributed by atoms with Crippen molar-refractivity contribution < 1.29 is 0 Å². The number of allylic oxidation sites excluding steroid dienone is 4. The largest absolute Gasteiger partial charge is 0.0877 e. The van der Waals surface area contributed by atoms with Crippen LogP contribution in [0.2, 0.25) is 0 Å². The predicted octanol–water partition coefficient (Wildman–Crippen LogP) is 4.08. The Morgan fingerprint density at radius 2 is 2.00 bits per heavy atom. The second kappa shape index (κ2) is 5.97. The van der Waals surface area contributed by atoms with Gasteiger partial charge in [-0.3, -0.25) is 0 Å². The maximum Gasteiger partial charge on any atom is 0.0253 e. The molecule has 0 fully saturated rings. The van der Waals surface area contributed by atoms with Crippen molar-refractivity contribution in [3.05, 3.63) is 54.1 Å². The standard InChI is InChI=1S/C12H13I/c1-2-3-7-12(10-13)11-8-5-4-6-9-11/h2-9H,10H2,1H3/b3-2-,12-7+. The van der Waals surface area contributed by atoms with Gasteiger partial charge in [-0.2, -0.15) is 0 Å². The molecule has 0 saturated carbocycles. The molecule has 0 unspecified atom stereocenters. The van der Waals surface area contributed by atoms with Gasteiger partial charge in [0.2, 0.25) is 0 Å². The van der Waals surface area contributed by atoms with Gasteiger partial charge in [-0.25, -0.2) is 0 Å². The molecule has 0 radical (unpaired) electrons. The zero-order valence-electron chi connectivity index (χ0n) is 7.70. The van der Waals surface area contributed by atoms with E-state index in [1.807, 2.05) is 13.0 Å². The lowest BCUT2D eigenvalue weighted by molar-refractivity contribution is 1.58. The SMILES string of the molecule is C/C=C\C=C(/CI)c1ccccc1. The van der Waals surface area contributed by atoms with Gasteiger partial charge in [0.15, 0.2) is 0 Å². The van der Waals surface area contributed by atoms with Crippen molar-refractivity contribution in [1.82, 2.24) is 0 Å². The van der Waals surface area contributed by atoms with Gasteiger partial charge < -0.3 is 0 Å². The Balaban J connectivity index is 2.91. The zero-order valence-corrected chi connectivity index (χ0v) is 9.86. The highest BCUT2D eigenvalue weighted by Crippen LogP contribution is 2.16. The summed E-state index contributed by atoms with van der Waals surface area (Å²) in [5.74, 6) is 0. The first-order chi connectivity index (χ1) is 6.38. The highest BCUT2D eigenvalue weighted by Gasteiger charge is 1.95. The van der Waals surface area contributed by atoms with Gasteiger partial charge in [-0.1, -0.05) is 71.2 Å². The van der Waals surface area contributed by atoms with Gasteiger partial charge in [0.05, 0.1) is 0 Å². The molecule has 0 saturated heterocycles. The van der Waals surface area contributed by atoms with Crippen LogP contribution >= 0.6 is 22.6 Å². The lowest BCUT2D eigenvalue weighted by Crippen LogP contribution is -1.83. The zero-order chi connectivity index (χ0) is 9.52. The molecule has 0 aromatic heterocycles. The molecule has 13 heavy (non-hydrogen) atoms. The Bertz CT molecular complexity index is 296. The number of alkyl halides is 1. The van der Waals surface area contributed by atoms with Crippen molar-refractivity contribution in [1.29, 1.82) is 0 Å². The minimum atomic E-state index is 1.05. The summed E-state index contributed by atoms with van der Waals surface area (Å²) in [5, 5.41) is 0. The molecule has 0 nitrogen and oxygen atoms in total. The van der Waals surface area contributed by atoms with Crippen LogP contribution in [0.3, 0.4) is 0 Å². The minimum absolute atomic E-state index is 1.05. The van der Waals surface area contributed by atoms with Gasteiger partial charge in [0, 0.05) is 4.43 Å². The molecular weight excluding hydrogens is 271 g/mol. The molecule has 0 aliphatic rings. The van der Waals surface area contributed by atoms with Crippen LogP contribution in [-0.2, 0) is 0 Å². The van der Waals surface area contributed by atoms with Gasteiger partial charge in [-0.15, -0.1) is 0 Å². The third kappa shape index (κ3) is 3.35. The van der Waals surface area contributed by atoms with E-state index >= 15 is 0 Å². The van der Waals surface area contributed by atoms with Gasteiger partial charge in [0.25, 0.3) is 0 Å². The molecule has 1 heteroatoms. The summed E-state index contributed by atoms with van der Waals surface area (Å²) in [5.41, 5.74) is 2.69. The molecule has 1 aromatic carbocycles. The fourth-order valence-electron chi connectivity index (χ4n) is 1.08. The van der Waals surface area contributed by atoms with E-state index < -0.39 is 0 Å². The predicted molar refractivity (Wildman–Crippen MR) is 68.1 cm³/mol. The van der Waals surface area contributed by atoms with Gasteiger partial charge in [0.1, 0.15) is 0 Å². The minimum Gasteiger partial charge on any atom is -0.0877 e. The molecule has 0 aliphatic heterocycles. The Kier molecular flexibility index (Phi) is 4.83. The smallest absolute Gasteiger partial charge is 0.0253 e. The third-order valence-electron chi connectivity index (χ3n) is 1.78. The Labute approximate surface area is 93.5 Å². The monoisotopic (exact) mass is 284 g/mol. The second-order valence-electron chi connectivity index (χ2n) is 2.72. The molecule has 0 heterocycles. The van der Waals surface area contributed by atoms with E-state index in [1.165, 1.54) is 11.1 Å². The lowest BCUT2D eigenvalue weighted by atomic mass is 10.1. The first kappa shape index (κ1) is 10.5. The van der Waals surface area contributed by atoms with Crippen LogP contribution in [-0.4, -0.2) is 4.43 Å². The average Bonchev–Trinajstić information content (AvgIpc) is 2.21. The highest BCUT2D eigenvalue weighted by atomic mass is 127. The summed E-state index contributed by atoms with van der Waals surface area (Å²) < 4.78 is 1.05. The molecule has 68 valence electrons. The molecule has 0 atom stereocenters. The molecule has 1 rings (SSSR count). The molecule has 0 aliphatic carbocycles. The normalized spacial score (nSPS) is 12.3. The number of halogens is 1.